The van der Waals surface area contributed by atoms with Gasteiger partial charge in [-0.15, -0.1) is 0 Å². The van der Waals surface area contributed by atoms with Crippen molar-refractivity contribution in [1.29, 1.82) is 0 Å². The molecule has 0 N–H and O–H groups in total. The monoisotopic (exact) mass is 428 g/mol. The van der Waals surface area contributed by atoms with Gasteiger partial charge in [0.05, 0.1) is 23.8 Å². The van der Waals surface area contributed by atoms with Crippen molar-refractivity contribution in [3.05, 3.63) is 11.5 Å². The number of nitrogens with zero attached hydrogens (tertiary/aromatic N) is 2. The van der Waals surface area contributed by atoms with E-state index in [1.807, 2.05) is 33.8 Å². The summed E-state index contributed by atoms with van der Waals surface area (Å²) in [6.07, 6.45) is 2.12. The third kappa shape index (κ3) is 4.83. The molecule has 30 heavy (non-hydrogen) atoms. The lowest BCUT2D eigenvalue weighted by Gasteiger charge is -2.44. The fourth-order valence-electron chi connectivity index (χ4n) is 4.05. The first-order chi connectivity index (χ1) is 13.6. The van der Waals surface area contributed by atoms with E-state index in [-0.39, 0.29) is 13.0 Å². The van der Waals surface area contributed by atoms with E-state index in [2.05, 4.69) is 0 Å². The lowest BCUT2D eigenvalue weighted by Crippen LogP contribution is -2.60. The molecule has 0 aromatic heterocycles. The van der Waals surface area contributed by atoms with Gasteiger partial charge in [0.25, 0.3) is 5.92 Å². The van der Waals surface area contributed by atoms with Gasteiger partial charge in [0.1, 0.15) is 5.60 Å². The van der Waals surface area contributed by atoms with Crippen LogP contribution in [0, 0.1) is 0 Å². The highest BCUT2D eigenvalue weighted by Gasteiger charge is 2.53. The Hall–Kier alpha value is -1.19. The molecule has 1 amide bonds. The van der Waals surface area contributed by atoms with Crippen molar-refractivity contribution in [3.63, 3.8) is 0 Å². The molecule has 1 atom stereocenters. The number of carbonyl (C=O) groups is 1. The zero-order valence-electron chi connectivity index (χ0n) is 19.3. The van der Waals surface area contributed by atoms with Gasteiger partial charge in [0, 0.05) is 19.6 Å². The van der Waals surface area contributed by atoms with Crippen molar-refractivity contribution in [2.24, 2.45) is 0 Å². The number of halogens is 2. The average Bonchev–Trinajstić information content (AvgIpc) is 2.80. The molecular formula is C21H35BF2N2O4. The summed E-state index contributed by atoms with van der Waals surface area (Å²) in [7, 11) is -0.424. The van der Waals surface area contributed by atoms with Gasteiger partial charge in [-0.25, -0.2) is 13.6 Å². The van der Waals surface area contributed by atoms with Gasteiger partial charge < -0.3 is 18.9 Å². The smallest absolute Gasteiger partial charge is 0.444 e. The fraction of sp³-hybridized carbons (Fsp3) is 0.857. The van der Waals surface area contributed by atoms with Crippen molar-refractivity contribution in [2.45, 2.75) is 90.1 Å². The molecule has 2 fully saturated rings. The largest absolute Gasteiger partial charge is 0.490 e. The van der Waals surface area contributed by atoms with Gasteiger partial charge in [-0.05, 0) is 66.8 Å². The number of carbonyl (C=O) groups excluding carboxylic acids is 1. The Kier molecular flexibility index (Phi) is 6.06. The molecule has 0 aliphatic carbocycles. The van der Waals surface area contributed by atoms with Crippen molar-refractivity contribution >= 4 is 13.2 Å². The van der Waals surface area contributed by atoms with Crippen LogP contribution in [0.15, 0.2) is 11.5 Å². The Balaban J connectivity index is 1.60. The summed E-state index contributed by atoms with van der Waals surface area (Å²) in [6, 6.07) is -0.896. The molecule has 3 aliphatic rings. The van der Waals surface area contributed by atoms with Crippen LogP contribution in [0.2, 0.25) is 0 Å². The Morgan fingerprint density at radius 2 is 1.77 bits per heavy atom. The number of likely N-dealkylation sites (tertiary alicyclic amines) is 1. The summed E-state index contributed by atoms with van der Waals surface area (Å²) in [4.78, 5) is 15.1. The number of ether oxygens (including phenoxy) is 1. The van der Waals surface area contributed by atoms with Gasteiger partial charge in [-0.3, -0.25) is 4.90 Å². The van der Waals surface area contributed by atoms with Crippen LogP contribution in [0.5, 0.6) is 0 Å². The quantitative estimate of drug-likeness (QED) is 0.625. The van der Waals surface area contributed by atoms with Gasteiger partial charge >= 0.3 is 13.2 Å². The van der Waals surface area contributed by atoms with Crippen molar-refractivity contribution < 1.29 is 27.6 Å². The molecule has 9 heteroatoms. The number of piperidine rings is 1. The molecule has 0 radical (unpaired) electrons. The molecule has 6 nitrogen and oxygen atoms in total. The van der Waals surface area contributed by atoms with Crippen molar-refractivity contribution in [2.75, 3.05) is 26.2 Å². The zero-order valence-corrected chi connectivity index (χ0v) is 19.3. The fourth-order valence-corrected chi connectivity index (χ4v) is 4.05. The van der Waals surface area contributed by atoms with E-state index in [9.17, 15) is 13.6 Å². The zero-order chi connectivity index (χ0) is 22.5. The molecule has 3 aliphatic heterocycles. The van der Waals surface area contributed by atoms with Crippen LogP contribution < -0.4 is 0 Å². The average molecular weight is 428 g/mol. The normalized spacial score (nSPS) is 29.0. The second-order valence-electron chi connectivity index (χ2n) is 10.6. The van der Waals surface area contributed by atoms with E-state index in [0.717, 1.165) is 10.4 Å². The molecule has 3 heterocycles. The second-order valence-corrected chi connectivity index (χ2v) is 10.6. The lowest BCUT2D eigenvalue weighted by molar-refractivity contribution is -0.124. The van der Waals surface area contributed by atoms with Gasteiger partial charge in [-0.1, -0.05) is 6.08 Å². The standard InChI is InChI=1S/C21H35BF2N2O4/c1-18(2,3)28-17(27)26-13-10-16(21(23,24)14-26)25-11-8-15(9-12-25)22-29-19(4,5)20(6,7)30-22/h8,16H,9-14H2,1-7H3. The highest BCUT2D eigenvalue weighted by Crippen LogP contribution is 2.40. The van der Waals surface area contributed by atoms with E-state index in [0.29, 0.717) is 19.5 Å². The first-order valence-electron chi connectivity index (χ1n) is 10.8. The number of amides is 1. The Bertz CT molecular complexity index is 690. The second kappa shape index (κ2) is 7.75. The molecule has 0 aromatic carbocycles. The molecule has 2 saturated heterocycles. The molecule has 3 rings (SSSR count). The van der Waals surface area contributed by atoms with Crippen LogP contribution in [0.1, 0.15) is 61.3 Å². The maximum absolute atomic E-state index is 14.9. The van der Waals surface area contributed by atoms with Crippen molar-refractivity contribution in [1.82, 2.24) is 9.80 Å². The van der Waals surface area contributed by atoms with Crippen LogP contribution in [-0.4, -0.2) is 78.0 Å². The van der Waals surface area contributed by atoms with Crippen LogP contribution in [0.4, 0.5) is 13.6 Å². The molecule has 170 valence electrons. The van der Waals surface area contributed by atoms with Crippen LogP contribution in [0.3, 0.4) is 0 Å². The third-order valence-electron chi connectivity index (χ3n) is 6.49. The van der Waals surface area contributed by atoms with Crippen molar-refractivity contribution in [3.8, 4) is 0 Å². The predicted octanol–water partition coefficient (Wildman–Crippen LogP) is 3.89. The highest BCUT2D eigenvalue weighted by atomic mass is 19.3. The Labute approximate surface area is 179 Å². The first-order valence-corrected chi connectivity index (χ1v) is 10.8. The summed E-state index contributed by atoms with van der Waals surface area (Å²) in [5.41, 5.74) is -0.529. The lowest BCUT2D eigenvalue weighted by atomic mass is 9.74. The van der Waals surface area contributed by atoms with Crippen LogP contribution in [0.25, 0.3) is 0 Å². The summed E-state index contributed by atoms with van der Waals surface area (Å²) >= 11 is 0. The van der Waals surface area contributed by atoms with E-state index in [1.54, 1.807) is 25.7 Å². The summed E-state index contributed by atoms with van der Waals surface area (Å²) in [5.74, 6) is -3.00. The first kappa shape index (κ1) is 23.5. The van der Waals surface area contributed by atoms with Crippen LogP contribution in [-0.2, 0) is 14.0 Å². The molecule has 0 aromatic rings. The minimum Gasteiger partial charge on any atom is -0.444 e. The number of alkyl halides is 2. The summed E-state index contributed by atoms with van der Waals surface area (Å²) < 4.78 is 47.3. The molecule has 0 bridgehead atoms. The van der Waals surface area contributed by atoms with E-state index in [4.69, 9.17) is 14.0 Å². The number of rotatable bonds is 2. The molecule has 0 spiro atoms. The molecule has 1 unspecified atom stereocenters. The SMILES string of the molecule is CC(C)(C)OC(=O)N1CCC(N2CC=C(B3OC(C)(C)C(C)(C)O3)CC2)C(F)(F)C1. The third-order valence-corrected chi connectivity index (χ3v) is 6.49. The van der Waals surface area contributed by atoms with E-state index in [1.165, 1.54) is 0 Å². The predicted molar refractivity (Wildman–Crippen MR) is 112 cm³/mol. The topological polar surface area (TPSA) is 51.2 Å². The Morgan fingerprint density at radius 1 is 1.17 bits per heavy atom. The minimum absolute atomic E-state index is 0.214. The van der Waals surface area contributed by atoms with Gasteiger partial charge in [0.15, 0.2) is 0 Å². The number of hydrogen-bond acceptors (Lipinski definition) is 5. The van der Waals surface area contributed by atoms with E-state index < -0.39 is 48.5 Å². The maximum atomic E-state index is 14.9. The van der Waals surface area contributed by atoms with Gasteiger partial charge in [0.2, 0.25) is 0 Å². The number of hydrogen-bond donors (Lipinski definition) is 0. The Morgan fingerprint density at radius 3 is 2.23 bits per heavy atom. The summed E-state index contributed by atoms with van der Waals surface area (Å²) in [6.45, 7) is 13.8. The molecular weight excluding hydrogens is 393 g/mol. The summed E-state index contributed by atoms with van der Waals surface area (Å²) in [5, 5.41) is 0. The van der Waals surface area contributed by atoms with E-state index >= 15 is 0 Å². The maximum Gasteiger partial charge on any atom is 0.490 e. The van der Waals surface area contributed by atoms with Crippen LogP contribution >= 0.6 is 0 Å². The van der Waals surface area contributed by atoms with Gasteiger partial charge in [-0.2, -0.15) is 0 Å². The highest BCUT2D eigenvalue weighted by molar-refractivity contribution is 6.54. The molecule has 0 saturated carbocycles. The minimum atomic E-state index is -3.00.